The lowest BCUT2D eigenvalue weighted by Gasteiger charge is -2.09. The molecule has 7 nitrogen and oxygen atoms in total. The van der Waals surface area contributed by atoms with Gasteiger partial charge in [0.2, 0.25) is 5.91 Å². The Kier molecular flexibility index (Phi) is 9.78. The van der Waals surface area contributed by atoms with Gasteiger partial charge in [-0.25, -0.2) is 0 Å². The number of hydrogen-bond acceptors (Lipinski definition) is 5. The van der Waals surface area contributed by atoms with Crippen LogP contribution >= 0.6 is 34.8 Å². The van der Waals surface area contributed by atoms with E-state index in [1.807, 2.05) is 12.1 Å². The van der Waals surface area contributed by atoms with Gasteiger partial charge in [0.05, 0.1) is 15.7 Å². The lowest BCUT2D eigenvalue weighted by molar-refractivity contribution is -0.147. The molecule has 0 saturated carbocycles. The predicted molar refractivity (Wildman–Crippen MR) is 136 cm³/mol. The number of hydrogen-bond donors (Lipinski definition) is 2. The average Bonchev–Trinajstić information content (AvgIpc) is 2.83. The first kappa shape index (κ1) is 26.3. The molecule has 0 atom stereocenters. The van der Waals surface area contributed by atoms with Crippen LogP contribution in [-0.2, 0) is 19.1 Å². The maximum Gasteiger partial charge on any atom is 0.306 e. The number of nitrogens with one attached hydrogen (secondary N) is 2. The summed E-state index contributed by atoms with van der Waals surface area (Å²) in [5, 5.41) is 6.47. The molecule has 0 fully saturated rings. The van der Waals surface area contributed by atoms with Gasteiger partial charge in [-0.05, 0) is 61.0 Å². The molecular weight excluding hydrogens is 515 g/mol. The number of carbonyl (C=O) groups is 3. The molecule has 3 aromatic rings. The second-order valence-electron chi connectivity index (χ2n) is 7.29. The van der Waals surface area contributed by atoms with Crippen molar-refractivity contribution in [3.8, 4) is 11.5 Å². The van der Waals surface area contributed by atoms with E-state index >= 15 is 0 Å². The Morgan fingerprint density at radius 1 is 0.771 bits per heavy atom. The second-order valence-corrected chi connectivity index (χ2v) is 8.54. The van der Waals surface area contributed by atoms with E-state index in [0.29, 0.717) is 37.9 Å². The van der Waals surface area contributed by atoms with E-state index in [2.05, 4.69) is 10.6 Å². The van der Waals surface area contributed by atoms with Gasteiger partial charge < -0.3 is 20.1 Å². The summed E-state index contributed by atoms with van der Waals surface area (Å²) in [5.41, 5.74) is 0.903. The van der Waals surface area contributed by atoms with Crippen molar-refractivity contribution in [2.45, 2.75) is 19.3 Å². The molecule has 3 aromatic carbocycles. The van der Waals surface area contributed by atoms with Crippen LogP contribution in [0.1, 0.15) is 19.3 Å². The quantitative estimate of drug-likeness (QED) is 0.281. The van der Waals surface area contributed by atoms with Crippen molar-refractivity contribution < 1.29 is 23.9 Å². The Morgan fingerprint density at radius 2 is 1.51 bits per heavy atom. The van der Waals surface area contributed by atoms with Crippen LogP contribution in [0.25, 0.3) is 0 Å². The third kappa shape index (κ3) is 8.79. The molecule has 0 heterocycles. The van der Waals surface area contributed by atoms with E-state index in [-0.39, 0.29) is 25.2 Å². The van der Waals surface area contributed by atoms with Crippen LogP contribution in [0, 0.1) is 0 Å². The minimum absolute atomic E-state index is 0.0107. The van der Waals surface area contributed by atoms with Crippen LogP contribution in [0.3, 0.4) is 0 Å². The van der Waals surface area contributed by atoms with E-state index < -0.39 is 18.5 Å². The molecule has 3 rings (SSSR count). The molecule has 2 N–H and O–H groups in total. The third-order valence-electron chi connectivity index (χ3n) is 4.55. The number of ether oxygens (including phenoxy) is 2. The molecule has 0 spiro atoms. The first-order valence-corrected chi connectivity index (χ1v) is 11.7. The largest absolute Gasteiger partial charge is 0.456 e. The molecule has 0 aliphatic rings. The molecular formula is C25H21Cl3N2O5. The van der Waals surface area contributed by atoms with Crippen LogP contribution in [-0.4, -0.2) is 24.4 Å². The number of carbonyl (C=O) groups excluding carboxylic acids is 3. The van der Waals surface area contributed by atoms with Crippen molar-refractivity contribution in [3.05, 3.63) is 81.8 Å². The Labute approximate surface area is 217 Å². The zero-order valence-electron chi connectivity index (χ0n) is 18.4. The molecule has 0 bridgehead atoms. The first-order valence-electron chi connectivity index (χ1n) is 10.5. The number of amides is 2. The summed E-state index contributed by atoms with van der Waals surface area (Å²) in [4.78, 5) is 36.0. The highest BCUT2D eigenvalue weighted by Gasteiger charge is 2.11. The summed E-state index contributed by atoms with van der Waals surface area (Å²) < 4.78 is 10.6. The molecule has 182 valence electrons. The zero-order valence-corrected chi connectivity index (χ0v) is 20.6. The monoisotopic (exact) mass is 534 g/mol. The summed E-state index contributed by atoms with van der Waals surface area (Å²) in [6.07, 6.45) is 0.362. The molecule has 0 aliphatic carbocycles. The van der Waals surface area contributed by atoms with Gasteiger partial charge in [0.15, 0.2) is 6.61 Å². The third-order valence-corrected chi connectivity index (χ3v) is 5.43. The van der Waals surface area contributed by atoms with Crippen LogP contribution in [0.2, 0.25) is 15.1 Å². The van der Waals surface area contributed by atoms with Gasteiger partial charge in [-0.15, -0.1) is 0 Å². The van der Waals surface area contributed by atoms with Crippen LogP contribution < -0.4 is 15.4 Å². The van der Waals surface area contributed by atoms with Gasteiger partial charge in [-0.2, -0.15) is 0 Å². The van der Waals surface area contributed by atoms with Gasteiger partial charge in [0, 0.05) is 23.6 Å². The van der Waals surface area contributed by atoms with E-state index in [0.717, 1.165) is 0 Å². The minimum Gasteiger partial charge on any atom is -0.456 e. The average molecular weight is 536 g/mol. The molecule has 0 saturated heterocycles. The minimum atomic E-state index is -0.591. The molecule has 0 radical (unpaired) electrons. The van der Waals surface area contributed by atoms with Gasteiger partial charge in [-0.3, -0.25) is 14.4 Å². The first-order chi connectivity index (χ1) is 16.8. The highest BCUT2D eigenvalue weighted by atomic mass is 35.5. The van der Waals surface area contributed by atoms with Crippen molar-refractivity contribution in [1.82, 2.24) is 0 Å². The lowest BCUT2D eigenvalue weighted by atomic mass is 10.2. The molecule has 2 amide bonds. The number of para-hydroxylation sites is 1. The van der Waals surface area contributed by atoms with E-state index in [1.165, 1.54) is 6.07 Å². The normalized spacial score (nSPS) is 10.4. The Bertz CT molecular complexity index is 1200. The Hall–Kier alpha value is -3.26. The van der Waals surface area contributed by atoms with Crippen molar-refractivity contribution in [2.75, 3.05) is 17.2 Å². The highest BCUT2D eigenvalue weighted by molar-refractivity contribution is 6.35. The summed E-state index contributed by atoms with van der Waals surface area (Å²) in [6.45, 7) is -0.476. The SMILES string of the molecule is O=C(CCCC(=O)OCC(=O)Nc1cc(Cl)ccc1Cl)Nc1ccc(Oc2ccccc2Cl)cc1. The second kappa shape index (κ2) is 13.0. The molecule has 10 heteroatoms. The van der Waals surface area contributed by atoms with Crippen molar-refractivity contribution in [1.29, 1.82) is 0 Å². The fourth-order valence-corrected chi connectivity index (χ4v) is 3.39. The van der Waals surface area contributed by atoms with Crippen molar-refractivity contribution in [2.24, 2.45) is 0 Å². The fourth-order valence-electron chi connectivity index (χ4n) is 2.88. The Balaban J connectivity index is 1.34. The smallest absolute Gasteiger partial charge is 0.306 e. The maximum atomic E-state index is 12.1. The zero-order chi connectivity index (χ0) is 25.2. The van der Waals surface area contributed by atoms with Gasteiger partial charge in [0.25, 0.3) is 5.91 Å². The fraction of sp³-hybridized carbons (Fsp3) is 0.160. The van der Waals surface area contributed by atoms with E-state index in [1.54, 1.807) is 48.5 Å². The van der Waals surface area contributed by atoms with Gasteiger partial charge in [-0.1, -0.05) is 46.9 Å². The number of rotatable bonds is 10. The predicted octanol–water partition coefficient (Wildman–Crippen LogP) is 6.73. The van der Waals surface area contributed by atoms with Gasteiger partial charge in [0.1, 0.15) is 11.5 Å². The van der Waals surface area contributed by atoms with Crippen molar-refractivity contribution >= 4 is 64.0 Å². The summed E-state index contributed by atoms with van der Waals surface area (Å²) in [6, 6.07) is 18.5. The molecule has 0 aromatic heterocycles. The molecule has 35 heavy (non-hydrogen) atoms. The van der Waals surface area contributed by atoms with E-state index in [4.69, 9.17) is 44.3 Å². The number of anilines is 2. The van der Waals surface area contributed by atoms with Crippen LogP contribution in [0.5, 0.6) is 11.5 Å². The Morgan fingerprint density at radius 3 is 2.26 bits per heavy atom. The summed E-state index contributed by atoms with van der Waals surface area (Å²) >= 11 is 17.9. The number of halogens is 3. The topological polar surface area (TPSA) is 93.7 Å². The van der Waals surface area contributed by atoms with Crippen LogP contribution in [0.15, 0.2) is 66.7 Å². The summed E-state index contributed by atoms with van der Waals surface area (Å²) in [5.74, 6) is -0.302. The van der Waals surface area contributed by atoms with E-state index in [9.17, 15) is 14.4 Å². The van der Waals surface area contributed by atoms with Gasteiger partial charge >= 0.3 is 5.97 Å². The summed E-state index contributed by atoms with van der Waals surface area (Å²) in [7, 11) is 0. The number of esters is 1. The standard InChI is InChI=1S/C25H21Cl3N2O5/c26-16-8-13-19(27)21(14-16)30-24(32)15-34-25(33)7-3-6-23(31)29-17-9-11-18(12-10-17)35-22-5-2-1-4-20(22)28/h1-2,4-5,8-14H,3,6-7,15H2,(H,29,31)(H,30,32). The van der Waals surface area contributed by atoms with Crippen molar-refractivity contribution in [3.63, 3.8) is 0 Å². The number of benzene rings is 3. The molecule has 0 aliphatic heterocycles. The lowest BCUT2D eigenvalue weighted by Crippen LogP contribution is -2.21. The molecule has 0 unspecified atom stereocenters. The van der Waals surface area contributed by atoms with Crippen LogP contribution in [0.4, 0.5) is 11.4 Å². The maximum absolute atomic E-state index is 12.1. The highest BCUT2D eigenvalue weighted by Crippen LogP contribution is 2.29.